The Hall–Kier alpha value is -3.17. The number of fused-ring (bicyclic) bond motifs is 4. The number of benzene rings is 3. The van der Waals surface area contributed by atoms with Gasteiger partial charge in [0.25, 0.3) is 0 Å². The Morgan fingerprint density at radius 1 is 0.909 bits per heavy atom. The highest BCUT2D eigenvalue weighted by molar-refractivity contribution is 8.00. The Morgan fingerprint density at radius 3 is 2.64 bits per heavy atom. The van der Waals surface area contributed by atoms with E-state index in [9.17, 15) is 0 Å². The quantitative estimate of drug-likeness (QED) is 0.364. The van der Waals surface area contributed by atoms with Crippen molar-refractivity contribution in [3.8, 4) is 0 Å². The number of hydrogen-bond acceptors (Lipinski definition) is 3. The molecule has 33 heavy (non-hydrogen) atoms. The van der Waals surface area contributed by atoms with Gasteiger partial charge in [-0.05, 0) is 54.8 Å². The maximum Gasteiger partial charge on any atom is 0.0985 e. The normalized spacial score (nSPS) is 18.8. The van der Waals surface area contributed by atoms with E-state index in [1.54, 1.807) is 0 Å². The van der Waals surface area contributed by atoms with Crippen molar-refractivity contribution in [1.29, 1.82) is 0 Å². The Morgan fingerprint density at radius 2 is 1.79 bits per heavy atom. The summed E-state index contributed by atoms with van der Waals surface area (Å²) in [4.78, 5) is 6.21. The molecule has 0 N–H and O–H groups in total. The summed E-state index contributed by atoms with van der Waals surface area (Å²) in [5.41, 5.74) is 6.55. The molecule has 2 heterocycles. The molecular weight excluding hydrogens is 420 g/mol. The van der Waals surface area contributed by atoms with E-state index in [1.165, 1.54) is 43.7 Å². The summed E-state index contributed by atoms with van der Waals surface area (Å²) in [6.07, 6.45) is 15.4. The van der Waals surface area contributed by atoms with Crippen LogP contribution in [-0.2, 0) is 0 Å². The van der Waals surface area contributed by atoms with Crippen LogP contribution in [-0.4, -0.2) is 18.5 Å². The van der Waals surface area contributed by atoms with E-state index in [0.29, 0.717) is 5.37 Å². The minimum Gasteiger partial charge on any atom is -0.355 e. The molecule has 0 amide bonds. The van der Waals surface area contributed by atoms with Crippen molar-refractivity contribution in [2.24, 2.45) is 0 Å². The Bertz CT molecular complexity index is 1300. The van der Waals surface area contributed by atoms with Crippen molar-refractivity contribution in [1.82, 2.24) is 0 Å². The van der Waals surface area contributed by atoms with Crippen molar-refractivity contribution >= 4 is 39.5 Å². The molecule has 166 valence electrons. The lowest BCUT2D eigenvalue weighted by molar-refractivity contribution is 0.879. The van der Waals surface area contributed by atoms with Gasteiger partial charge in [0.1, 0.15) is 0 Å². The smallest absolute Gasteiger partial charge is 0.0985 e. The first kappa shape index (κ1) is 21.7. The molecule has 5 rings (SSSR count). The minimum atomic E-state index is 0.323. The zero-order valence-electron chi connectivity index (χ0n) is 19.5. The molecule has 3 heteroatoms. The van der Waals surface area contributed by atoms with Gasteiger partial charge in [-0.15, -0.1) is 0 Å². The highest BCUT2D eigenvalue weighted by atomic mass is 32.2. The fourth-order valence-electron chi connectivity index (χ4n) is 4.80. The maximum atomic E-state index is 2.48. The average Bonchev–Trinajstić information content (AvgIpc) is 3.22. The summed E-state index contributed by atoms with van der Waals surface area (Å²) in [6.45, 7) is 8.60. The van der Waals surface area contributed by atoms with Crippen molar-refractivity contribution in [3.05, 3.63) is 108 Å². The molecule has 2 nitrogen and oxygen atoms in total. The van der Waals surface area contributed by atoms with Crippen LogP contribution < -0.4 is 9.80 Å². The van der Waals surface area contributed by atoms with Crippen LogP contribution in [0.25, 0.3) is 16.3 Å². The molecule has 1 atom stereocenters. The van der Waals surface area contributed by atoms with Gasteiger partial charge < -0.3 is 9.80 Å². The summed E-state index contributed by atoms with van der Waals surface area (Å²) < 4.78 is 0. The third-order valence-electron chi connectivity index (χ3n) is 6.44. The van der Waals surface area contributed by atoms with E-state index in [1.807, 2.05) is 11.8 Å². The molecule has 0 saturated heterocycles. The maximum absolute atomic E-state index is 2.48. The molecule has 0 fully saturated rings. The van der Waals surface area contributed by atoms with Gasteiger partial charge >= 0.3 is 0 Å². The molecule has 2 aliphatic rings. The van der Waals surface area contributed by atoms with Crippen molar-refractivity contribution < 1.29 is 0 Å². The van der Waals surface area contributed by atoms with Crippen LogP contribution in [0.3, 0.4) is 0 Å². The van der Waals surface area contributed by atoms with Crippen LogP contribution in [0.2, 0.25) is 0 Å². The van der Waals surface area contributed by atoms with E-state index >= 15 is 0 Å². The first-order chi connectivity index (χ1) is 16.2. The summed E-state index contributed by atoms with van der Waals surface area (Å²) in [6, 6.07) is 19.8. The molecule has 0 saturated carbocycles. The first-order valence-electron chi connectivity index (χ1n) is 11.8. The van der Waals surface area contributed by atoms with Gasteiger partial charge in [-0.25, -0.2) is 0 Å². The molecule has 0 aromatic heterocycles. The second-order valence-electron chi connectivity index (χ2n) is 8.39. The SMILES string of the molecule is CCN1C=CC(=CC=CC=CC2Sc3c(ccc4ccccc34)N2CC)c2cccc(C)c21. The fourth-order valence-corrected chi connectivity index (χ4v) is 6.22. The van der Waals surface area contributed by atoms with Gasteiger partial charge in [-0.2, -0.15) is 0 Å². The van der Waals surface area contributed by atoms with Crippen LogP contribution in [0.1, 0.15) is 25.0 Å². The number of aryl methyl sites for hydroxylation is 1. The molecule has 0 bridgehead atoms. The van der Waals surface area contributed by atoms with Crippen LogP contribution >= 0.6 is 11.8 Å². The number of para-hydroxylation sites is 1. The molecular formula is C30H30N2S. The molecule has 3 aromatic rings. The molecule has 3 aromatic carbocycles. The van der Waals surface area contributed by atoms with Crippen LogP contribution in [0.5, 0.6) is 0 Å². The zero-order valence-corrected chi connectivity index (χ0v) is 20.3. The van der Waals surface area contributed by atoms with Crippen LogP contribution in [0, 0.1) is 6.92 Å². The third kappa shape index (κ3) is 4.02. The molecule has 1 unspecified atom stereocenters. The largest absolute Gasteiger partial charge is 0.355 e. The van der Waals surface area contributed by atoms with E-state index in [0.717, 1.165) is 13.1 Å². The van der Waals surface area contributed by atoms with Gasteiger partial charge in [-0.3, -0.25) is 0 Å². The Balaban J connectivity index is 1.35. The number of rotatable bonds is 5. The minimum absolute atomic E-state index is 0.323. The second-order valence-corrected chi connectivity index (χ2v) is 9.52. The second kappa shape index (κ2) is 9.36. The number of allylic oxidation sites excluding steroid dienone is 6. The summed E-state index contributed by atoms with van der Waals surface area (Å²) in [5, 5.41) is 2.99. The Kier molecular flexibility index (Phi) is 6.15. The number of nitrogens with zero attached hydrogens (tertiary/aromatic N) is 2. The molecule has 0 aliphatic carbocycles. The van der Waals surface area contributed by atoms with E-state index < -0.39 is 0 Å². The summed E-state index contributed by atoms with van der Waals surface area (Å²) in [7, 11) is 0. The summed E-state index contributed by atoms with van der Waals surface area (Å²) >= 11 is 1.95. The van der Waals surface area contributed by atoms with Crippen LogP contribution in [0.4, 0.5) is 11.4 Å². The number of likely N-dealkylation sites (N-methyl/N-ethyl adjacent to an activating group) is 1. The lowest BCUT2D eigenvalue weighted by Gasteiger charge is -2.28. The number of hydrogen-bond donors (Lipinski definition) is 0. The van der Waals surface area contributed by atoms with E-state index in [-0.39, 0.29) is 0 Å². The van der Waals surface area contributed by atoms with Gasteiger partial charge in [-0.1, -0.05) is 90.7 Å². The van der Waals surface area contributed by atoms with Gasteiger partial charge in [0.2, 0.25) is 0 Å². The predicted octanol–water partition coefficient (Wildman–Crippen LogP) is 7.96. The zero-order chi connectivity index (χ0) is 22.8. The monoisotopic (exact) mass is 450 g/mol. The standard InChI is InChI=1S/C30H30N2S/c1-4-31-21-20-24(25-16-11-12-22(3)29(25)31)13-7-6-8-17-28-32(5-2)27-19-18-23-14-9-10-15-26(23)30(27)33-28/h6-21,28H,4-5H2,1-3H3. The highest BCUT2D eigenvalue weighted by Crippen LogP contribution is 2.47. The topological polar surface area (TPSA) is 6.48 Å². The van der Waals surface area contributed by atoms with Gasteiger partial charge in [0.15, 0.2) is 0 Å². The van der Waals surface area contributed by atoms with E-state index in [4.69, 9.17) is 0 Å². The number of anilines is 2. The Labute approximate surface area is 201 Å². The number of thioether (sulfide) groups is 1. The van der Waals surface area contributed by atoms with Crippen molar-refractivity contribution in [2.45, 2.75) is 31.0 Å². The highest BCUT2D eigenvalue weighted by Gasteiger charge is 2.28. The lowest BCUT2D eigenvalue weighted by atomic mass is 9.96. The van der Waals surface area contributed by atoms with Crippen molar-refractivity contribution in [3.63, 3.8) is 0 Å². The first-order valence-corrected chi connectivity index (χ1v) is 12.6. The average molecular weight is 451 g/mol. The van der Waals surface area contributed by atoms with Crippen LogP contribution in [0.15, 0.2) is 102 Å². The van der Waals surface area contributed by atoms with Crippen molar-refractivity contribution in [2.75, 3.05) is 22.9 Å². The van der Waals surface area contributed by atoms with Gasteiger partial charge in [0.05, 0.1) is 16.7 Å². The van der Waals surface area contributed by atoms with Gasteiger partial charge in [0, 0.05) is 29.7 Å². The molecule has 0 radical (unpaired) electrons. The lowest BCUT2D eigenvalue weighted by Crippen LogP contribution is -2.27. The third-order valence-corrected chi connectivity index (χ3v) is 7.76. The predicted molar refractivity (Wildman–Crippen MR) is 146 cm³/mol. The molecule has 2 aliphatic heterocycles. The molecule has 0 spiro atoms. The summed E-state index contributed by atoms with van der Waals surface area (Å²) in [5.74, 6) is 0. The van der Waals surface area contributed by atoms with E-state index in [2.05, 4.69) is 128 Å². The fraction of sp³-hybridized carbons (Fsp3) is 0.200.